The van der Waals surface area contributed by atoms with Gasteiger partial charge >= 0.3 is 0 Å². The second-order valence-corrected chi connectivity index (χ2v) is 4.28. The lowest BCUT2D eigenvalue weighted by Gasteiger charge is -2.13. The van der Waals surface area contributed by atoms with Gasteiger partial charge in [0.05, 0.1) is 19.0 Å². The largest absolute Gasteiger partial charge is 0.386 e. The summed E-state index contributed by atoms with van der Waals surface area (Å²) in [6.45, 7) is 0.418. The zero-order valence-electron chi connectivity index (χ0n) is 8.35. The molecule has 0 radical (unpaired) electrons. The SMILES string of the molecule is O[C@@H](Cn1ccnc1)c1ccc(Cl)cc1Cl. The van der Waals surface area contributed by atoms with Crippen LogP contribution >= 0.6 is 23.2 Å². The molecule has 84 valence electrons. The van der Waals surface area contributed by atoms with E-state index in [1.54, 1.807) is 41.5 Å². The molecule has 3 nitrogen and oxygen atoms in total. The number of hydrogen-bond donors (Lipinski definition) is 1. The molecule has 0 unspecified atom stereocenters. The van der Waals surface area contributed by atoms with Gasteiger partial charge in [-0.2, -0.15) is 0 Å². The van der Waals surface area contributed by atoms with E-state index in [-0.39, 0.29) is 0 Å². The van der Waals surface area contributed by atoms with Crippen molar-refractivity contribution in [3.63, 3.8) is 0 Å². The first-order valence-corrected chi connectivity index (χ1v) is 5.51. The summed E-state index contributed by atoms with van der Waals surface area (Å²) < 4.78 is 1.79. The fourth-order valence-electron chi connectivity index (χ4n) is 1.46. The number of rotatable bonds is 3. The van der Waals surface area contributed by atoms with E-state index in [1.807, 2.05) is 0 Å². The van der Waals surface area contributed by atoms with Gasteiger partial charge in [0.1, 0.15) is 0 Å². The fraction of sp³-hybridized carbons (Fsp3) is 0.182. The molecule has 0 aliphatic carbocycles. The molecule has 1 atom stereocenters. The lowest BCUT2D eigenvalue weighted by molar-refractivity contribution is 0.156. The minimum Gasteiger partial charge on any atom is -0.386 e. The highest BCUT2D eigenvalue weighted by Gasteiger charge is 2.12. The second-order valence-electron chi connectivity index (χ2n) is 3.44. The van der Waals surface area contributed by atoms with Crippen LogP contribution < -0.4 is 0 Å². The average molecular weight is 257 g/mol. The number of hydrogen-bond acceptors (Lipinski definition) is 2. The summed E-state index contributed by atoms with van der Waals surface area (Å²) in [6, 6.07) is 5.06. The van der Waals surface area contributed by atoms with Crippen LogP contribution in [-0.4, -0.2) is 14.7 Å². The third-order valence-corrected chi connectivity index (χ3v) is 2.83. The van der Waals surface area contributed by atoms with Gasteiger partial charge < -0.3 is 9.67 Å². The first kappa shape index (κ1) is 11.5. The molecule has 0 bridgehead atoms. The maximum atomic E-state index is 9.99. The van der Waals surface area contributed by atoms with Gasteiger partial charge in [0, 0.05) is 28.0 Å². The molecule has 1 heterocycles. The molecule has 0 saturated heterocycles. The Morgan fingerprint density at radius 1 is 1.38 bits per heavy atom. The highest BCUT2D eigenvalue weighted by Crippen LogP contribution is 2.27. The van der Waals surface area contributed by atoms with Gasteiger partial charge in [0.15, 0.2) is 0 Å². The van der Waals surface area contributed by atoms with Crippen LogP contribution in [0.1, 0.15) is 11.7 Å². The van der Waals surface area contributed by atoms with Crippen molar-refractivity contribution >= 4 is 23.2 Å². The number of aliphatic hydroxyl groups excluding tert-OH is 1. The van der Waals surface area contributed by atoms with Gasteiger partial charge in [-0.3, -0.25) is 0 Å². The van der Waals surface area contributed by atoms with E-state index < -0.39 is 6.10 Å². The average Bonchev–Trinajstić information content (AvgIpc) is 2.70. The zero-order valence-corrected chi connectivity index (χ0v) is 9.86. The molecule has 0 aliphatic rings. The third kappa shape index (κ3) is 2.55. The van der Waals surface area contributed by atoms with Crippen LogP contribution in [0.4, 0.5) is 0 Å². The third-order valence-electron chi connectivity index (χ3n) is 2.26. The zero-order chi connectivity index (χ0) is 11.5. The molecule has 0 fully saturated rings. The molecule has 16 heavy (non-hydrogen) atoms. The highest BCUT2D eigenvalue weighted by atomic mass is 35.5. The van der Waals surface area contributed by atoms with E-state index in [2.05, 4.69) is 4.98 Å². The van der Waals surface area contributed by atoms with Gasteiger partial charge in [-0.05, 0) is 12.1 Å². The normalized spacial score (nSPS) is 12.7. The topological polar surface area (TPSA) is 38.0 Å². The van der Waals surface area contributed by atoms with Crippen LogP contribution in [0.3, 0.4) is 0 Å². The van der Waals surface area contributed by atoms with Gasteiger partial charge in [0.2, 0.25) is 0 Å². The summed E-state index contributed by atoms with van der Waals surface area (Å²) in [5.74, 6) is 0. The monoisotopic (exact) mass is 256 g/mol. The number of nitrogens with zero attached hydrogens (tertiary/aromatic N) is 2. The molecule has 0 aliphatic heterocycles. The van der Waals surface area contributed by atoms with Gasteiger partial charge in [-0.15, -0.1) is 0 Å². The van der Waals surface area contributed by atoms with Crippen LogP contribution in [0.2, 0.25) is 10.0 Å². The predicted octanol–water partition coefficient (Wildman–Crippen LogP) is 2.92. The van der Waals surface area contributed by atoms with Crippen LogP contribution in [0.15, 0.2) is 36.9 Å². The fourth-order valence-corrected chi connectivity index (χ4v) is 2.00. The summed E-state index contributed by atoms with van der Waals surface area (Å²) in [6.07, 6.45) is 4.43. The Kier molecular flexibility index (Phi) is 3.49. The Labute approximate surface area is 103 Å². The van der Waals surface area contributed by atoms with Crippen molar-refractivity contribution < 1.29 is 5.11 Å². The molecule has 1 aromatic heterocycles. The Morgan fingerprint density at radius 3 is 2.81 bits per heavy atom. The lowest BCUT2D eigenvalue weighted by atomic mass is 10.1. The number of imidazole rings is 1. The van der Waals surface area contributed by atoms with Crippen molar-refractivity contribution in [1.29, 1.82) is 0 Å². The quantitative estimate of drug-likeness (QED) is 0.917. The van der Waals surface area contributed by atoms with Gasteiger partial charge in [0.25, 0.3) is 0 Å². The first-order valence-electron chi connectivity index (χ1n) is 4.75. The van der Waals surface area contributed by atoms with Crippen molar-refractivity contribution in [3.8, 4) is 0 Å². The maximum absolute atomic E-state index is 9.99. The van der Waals surface area contributed by atoms with E-state index in [4.69, 9.17) is 23.2 Å². The Balaban J connectivity index is 2.17. The number of aliphatic hydroxyl groups is 1. The van der Waals surface area contributed by atoms with Crippen molar-refractivity contribution in [1.82, 2.24) is 9.55 Å². The molecule has 5 heteroatoms. The molecular formula is C11H10Cl2N2O. The van der Waals surface area contributed by atoms with Crippen LogP contribution in [0.5, 0.6) is 0 Å². The molecule has 2 rings (SSSR count). The van der Waals surface area contributed by atoms with Crippen molar-refractivity contribution in [3.05, 3.63) is 52.5 Å². The van der Waals surface area contributed by atoms with Crippen molar-refractivity contribution in [2.45, 2.75) is 12.6 Å². The van der Waals surface area contributed by atoms with Crippen LogP contribution in [0.25, 0.3) is 0 Å². The van der Waals surface area contributed by atoms with E-state index >= 15 is 0 Å². The molecule has 1 aromatic carbocycles. The predicted molar refractivity (Wildman–Crippen MR) is 63.6 cm³/mol. The summed E-state index contributed by atoms with van der Waals surface area (Å²) in [7, 11) is 0. The van der Waals surface area contributed by atoms with Crippen LogP contribution in [0, 0.1) is 0 Å². The lowest BCUT2D eigenvalue weighted by Crippen LogP contribution is -2.07. The summed E-state index contributed by atoms with van der Waals surface area (Å²) in [5, 5.41) is 11.0. The van der Waals surface area contributed by atoms with E-state index in [1.165, 1.54) is 0 Å². The van der Waals surface area contributed by atoms with Gasteiger partial charge in [-0.25, -0.2) is 4.98 Å². The highest BCUT2D eigenvalue weighted by molar-refractivity contribution is 6.35. The smallest absolute Gasteiger partial charge is 0.0983 e. The Morgan fingerprint density at radius 2 is 2.19 bits per heavy atom. The number of benzene rings is 1. The molecule has 0 saturated carbocycles. The van der Waals surface area contributed by atoms with Crippen LogP contribution in [-0.2, 0) is 6.54 Å². The number of halogens is 2. The molecule has 0 spiro atoms. The maximum Gasteiger partial charge on any atom is 0.0983 e. The van der Waals surface area contributed by atoms with E-state index in [0.29, 0.717) is 22.2 Å². The Hall–Kier alpha value is -1.03. The minimum atomic E-state index is -0.668. The van der Waals surface area contributed by atoms with Gasteiger partial charge in [-0.1, -0.05) is 29.3 Å². The summed E-state index contributed by atoms with van der Waals surface area (Å²) in [5.41, 5.74) is 0.666. The van der Waals surface area contributed by atoms with Crippen molar-refractivity contribution in [2.24, 2.45) is 0 Å². The van der Waals surface area contributed by atoms with E-state index in [9.17, 15) is 5.11 Å². The molecule has 0 amide bonds. The first-order chi connectivity index (χ1) is 7.66. The summed E-state index contributed by atoms with van der Waals surface area (Å²) >= 11 is 11.8. The summed E-state index contributed by atoms with van der Waals surface area (Å²) in [4.78, 5) is 3.90. The second kappa shape index (κ2) is 4.87. The van der Waals surface area contributed by atoms with Crippen molar-refractivity contribution in [2.75, 3.05) is 0 Å². The molecule has 1 N–H and O–H groups in total. The minimum absolute atomic E-state index is 0.418. The Bertz CT molecular complexity index is 471. The molecule has 2 aromatic rings. The number of aromatic nitrogens is 2. The molecular weight excluding hydrogens is 247 g/mol. The standard InChI is InChI=1S/C11H10Cl2N2O/c12-8-1-2-9(10(13)5-8)11(16)6-15-4-3-14-7-15/h1-5,7,11,16H,6H2/t11-/m0/s1. The van der Waals surface area contributed by atoms with E-state index in [0.717, 1.165) is 0 Å².